The predicted molar refractivity (Wildman–Crippen MR) is 94.8 cm³/mol. The fraction of sp³-hybridized carbons (Fsp3) is 0.222. The minimum absolute atomic E-state index is 0.316. The Morgan fingerprint density at radius 1 is 0.964 bits per heavy atom. The minimum Gasteiger partial charge on any atom is -0.493 e. The zero-order chi connectivity index (χ0) is 20.7. The molecule has 0 aromatic heterocycles. The van der Waals surface area contributed by atoms with E-state index in [4.69, 9.17) is 9.47 Å². The van der Waals surface area contributed by atoms with E-state index < -0.39 is 35.5 Å². The van der Waals surface area contributed by atoms with Crippen molar-refractivity contribution in [2.45, 2.75) is 19.2 Å². The van der Waals surface area contributed by atoms with E-state index in [1.807, 2.05) is 10.7 Å². The van der Waals surface area contributed by atoms with Gasteiger partial charge in [0.05, 0.1) is 18.4 Å². The highest BCUT2D eigenvalue weighted by Gasteiger charge is 2.33. The number of halogens is 3. The van der Waals surface area contributed by atoms with Gasteiger partial charge in [-0.05, 0) is 31.2 Å². The molecule has 0 fully saturated rings. The second kappa shape index (κ2) is 8.98. The first-order valence-corrected chi connectivity index (χ1v) is 8.05. The van der Waals surface area contributed by atoms with Crippen molar-refractivity contribution in [2.24, 2.45) is 0 Å². The molecular formula is C18H18F3N3O4. The number of hydrogen-bond acceptors (Lipinski definition) is 4. The van der Waals surface area contributed by atoms with Crippen LogP contribution in [0.5, 0.6) is 11.5 Å². The minimum atomic E-state index is -4.63. The van der Waals surface area contributed by atoms with E-state index in [1.165, 1.54) is 26.2 Å². The lowest BCUT2D eigenvalue weighted by molar-refractivity contribution is -0.137. The van der Waals surface area contributed by atoms with Crippen molar-refractivity contribution >= 4 is 17.6 Å². The summed E-state index contributed by atoms with van der Waals surface area (Å²) >= 11 is 0. The molecule has 0 aliphatic rings. The number of para-hydroxylation sites is 3. The summed E-state index contributed by atoms with van der Waals surface area (Å²) in [7, 11) is 1.44. The lowest BCUT2D eigenvalue weighted by Crippen LogP contribution is -2.48. The third-order valence-electron chi connectivity index (χ3n) is 3.52. The Morgan fingerprint density at radius 3 is 2.21 bits per heavy atom. The van der Waals surface area contributed by atoms with Crippen molar-refractivity contribution in [3.8, 4) is 11.5 Å². The largest absolute Gasteiger partial charge is 0.493 e. The molecule has 0 unspecified atom stereocenters. The van der Waals surface area contributed by atoms with E-state index in [1.54, 1.807) is 24.3 Å². The van der Waals surface area contributed by atoms with E-state index in [-0.39, 0.29) is 0 Å². The molecule has 0 aliphatic carbocycles. The molecule has 1 atom stereocenters. The number of methoxy groups -OCH3 is 1. The number of alkyl halides is 3. The summed E-state index contributed by atoms with van der Waals surface area (Å²) in [6.45, 7) is 1.43. The van der Waals surface area contributed by atoms with Gasteiger partial charge in [-0.2, -0.15) is 13.2 Å². The Bertz CT molecular complexity index is 843. The number of benzene rings is 2. The van der Waals surface area contributed by atoms with Gasteiger partial charge in [0, 0.05) is 0 Å². The molecule has 0 saturated heterocycles. The number of carbonyl (C=O) groups excluding carboxylic acids is 2. The van der Waals surface area contributed by atoms with Crippen molar-refractivity contribution in [1.82, 2.24) is 10.9 Å². The van der Waals surface area contributed by atoms with Gasteiger partial charge >= 0.3 is 12.2 Å². The quantitative estimate of drug-likeness (QED) is 0.676. The highest BCUT2D eigenvalue weighted by atomic mass is 19.4. The van der Waals surface area contributed by atoms with Crippen LogP contribution in [0.4, 0.5) is 23.7 Å². The van der Waals surface area contributed by atoms with Crippen molar-refractivity contribution in [3.05, 3.63) is 54.1 Å². The fourth-order valence-electron chi connectivity index (χ4n) is 2.17. The Balaban J connectivity index is 1.91. The molecule has 0 radical (unpaired) electrons. The fourth-order valence-corrected chi connectivity index (χ4v) is 2.17. The normalized spacial score (nSPS) is 11.9. The molecule has 3 N–H and O–H groups in total. The van der Waals surface area contributed by atoms with Crippen LogP contribution in [0.25, 0.3) is 0 Å². The third kappa shape index (κ3) is 5.53. The van der Waals surface area contributed by atoms with Gasteiger partial charge in [0.15, 0.2) is 17.6 Å². The lowest BCUT2D eigenvalue weighted by atomic mass is 10.1. The van der Waals surface area contributed by atoms with Crippen LogP contribution in [0.1, 0.15) is 12.5 Å². The second-order valence-corrected chi connectivity index (χ2v) is 5.52. The highest BCUT2D eigenvalue weighted by Crippen LogP contribution is 2.34. The Kier molecular flexibility index (Phi) is 6.69. The van der Waals surface area contributed by atoms with E-state index in [0.29, 0.717) is 11.5 Å². The molecule has 0 spiro atoms. The second-order valence-electron chi connectivity index (χ2n) is 5.52. The average Bonchev–Trinajstić information content (AvgIpc) is 2.66. The average molecular weight is 397 g/mol. The molecule has 3 amide bonds. The summed E-state index contributed by atoms with van der Waals surface area (Å²) in [5.41, 5.74) is 2.59. The van der Waals surface area contributed by atoms with E-state index in [9.17, 15) is 22.8 Å². The molecule has 0 aliphatic heterocycles. The van der Waals surface area contributed by atoms with Crippen LogP contribution >= 0.6 is 0 Å². The highest BCUT2D eigenvalue weighted by molar-refractivity contribution is 5.92. The van der Waals surface area contributed by atoms with Gasteiger partial charge in [0.1, 0.15) is 0 Å². The third-order valence-corrected chi connectivity index (χ3v) is 3.52. The molecule has 28 heavy (non-hydrogen) atoms. The topological polar surface area (TPSA) is 88.7 Å². The first-order chi connectivity index (χ1) is 13.2. The SMILES string of the molecule is COc1ccccc1O[C@H](C)C(=O)NNC(=O)Nc1ccccc1C(F)(F)F. The van der Waals surface area contributed by atoms with Gasteiger partial charge in [0.2, 0.25) is 0 Å². The van der Waals surface area contributed by atoms with Crippen molar-refractivity contribution in [2.75, 3.05) is 12.4 Å². The molecule has 2 aromatic rings. The number of nitrogens with one attached hydrogen (secondary N) is 3. The zero-order valence-electron chi connectivity index (χ0n) is 15.0. The van der Waals surface area contributed by atoms with Gasteiger partial charge < -0.3 is 14.8 Å². The molecule has 2 rings (SSSR count). The van der Waals surface area contributed by atoms with Gasteiger partial charge in [0.25, 0.3) is 5.91 Å². The summed E-state index contributed by atoms with van der Waals surface area (Å²) in [6.07, 6.45) is -5.65. The molecule has 0 bridgehead atoms. The predicted octanol–water partition coefficient (Wildman–Crippen LogP) is 3.33. The van der Waals surface area contributed by atoms with Crippen LogP contribution in [0.3, 0.4) is 0 Å². The maximum absolute atomic E-state index is 12.9. The molecular weight excluding hydrogens is 379 g/mol. The summed E-state index contributed by atoms with van der Waals surface area (Å²) in [5.74, 6) is 0.0120. The lowest BCUT2D eigenvalue weighted by Gasteiger charge is -2.17. The first kappa shape index (κ1) is 20.9. The number of hydrazine groups is 1. The van der Waals surface area contributed by atoms with Crippen molar-refractivity contribution in [3.63, 3.8) is 0 Å². The standard InChI is InChI=1S/C18H18F3N3O4/c1-11(28-15-10-6-5-9-14(15)27-2)16(25)23-24-17(26)22-13-8-4-3-7-12(13)18(19,20)21/h3-11H,1-2H3,(H,23,25)(H2,22,24,26)/t11-/m1/s1. The van der Waals surface area contributed by atoms with E-state index >= 15 is 0 Å². The van der Waals surface area contributed by atoms with Crippen LogP contribution < -0.4 is 25.6 Å². The molecule has 0 heterocycles. The first-order valence-electron chi connectivity index (χ1n) is 8.05. The molecule has 2 aromatic carbocycles. The zero-order valence-corrected chi connectivity index (χ0v) is 15.0. The number of hydrogen-bond donors (Lipinski definition) is 3. The van der Waals surface area contributed by atoms with Gasteiger partial charge in [-0.1, -0.05) is 24.3 Å². The molecule has 7 nitrogen and oxygen atoms in total. The number of amides is 3. The Hall–Kier alpha value is -3.43. The molecule has 150 valence electrons. The van der Waals surface area contributed by atoms with Crippen LogP contribution in [-0.4, -0.2) is 25.2 Å². The summed E-state index contributed by atoms with van der Waals surface area (Å²) < 4.78 is 49.3. The van der Waals surface area contributed by atoms with Crippen LogP contribution in [0.15, 0.2) is 48.5 Å². The van der Waals surface area contributed by atoms with Crippen LogP contribution in [0.2, 0.25) is 0 Å². The number of rotatable bonds is 5. The number of urea groups is 1. The van der Waals surface area contributed by atoms with Crippen LogP contribution in [-0.2, 0) is 11.0 Å². The number of carbonyl (C=O) groups is 2. The van der Waals surface area contributed by atoms with Gasteiger partial charge in [-0.3, -0.25) is 10.2 Å². The monoisotopic (exact) mass is 397 g/mol. The number of anilines is 1. The van der Waals surface area contributed by atoms with Crippen LogP contribution in [0, 0.1) is 0 Å². The van der Waals surface area contributed by atoms with Gasteiger partial charge in [-0.25, -0.2) is 10.2 Å². The van der Waals surface area contributed by atoms with Crippen molar-refractivity contribution < 1.29 is 32.2 Å². The smallest absolute Gasteiger partial charge is 0.418 e. The van der Waals surface area contributed by atoms with Crippen molar-refractivity contribution in [1.29, 1.82) is 0 Å². The maximum Gasteiger partial charge on any atom is 0.418 e. The molecule has 0 saturated carbocycles. The van der Waals surface area contributed by atoms with Gasteiger partial charge in [-0.15, -0.1) is 0 Å². The summed E-state index contributed by atoms with van der Waals surface area (Å²) in [4.78, 5) is 23.8. The number of ether oxygens (including phenoxy) is 2. The maximum atomic E-state index is 12.9. The van der Waals surface area contributed by atoms with E-state index in [0.717, 1.165) is 12.1 Å². The molecule has 10 heteroatoms. The van der Waals surface area contributed by atoms with E-state index in [2.05, 4.69) is 5.43 Å². The summed E-state index contributed by atoms with van der Waals surface area (Å²) in [6, 6.07) is 10.1. The Morgan fingerprint density at radius 2 is 1.57 bits per heavy atom. The summed E-state index contributed by atoms with van der Waals surface area (Å²) in [5, 5.41) is 2.03. The Labute approximate surface area is 158 Å².